The van der Waals surface area contributed by atoms with Crippen molar-refractivity contribution in [2.24, 2.45) is 16.8 Å². The van der Waals surface area contributed by atoms with E-state index in [0.29, 0.717) is 4.91 Å². The van der Waals surface area contributed by atoms with E-state index in [1.807, 2.05) is 13.8 Å². The Hall–Kier alpha value is -2.95. The maximum absolute atomic E-state index is 12.9. The summed E-state index contributed by atoms with van der Waals surface area (Å²) in [6, 6.07) is 3.87. The number of anilines is 1. The van der Waals surface area contributed by atoms with Crippen LogP contribution in [0.15, 0.2) is 39.7 Å². The van der Waals surface area contributed by atoms with Crippen molar-refractivity contribution in [1.82, 2.24) is 4.90 Å². The van der Waals surface area contributed by atoms with Crippen LogP contribution in [0.3, 0.4) is 0 Å². The summed E-state index contributed by atoms with van der Waals surface area (Å²) >= 11 is 1.11. The molecule has 3 rings (SSSR count). The van der Waals surface area contributed by atoms with Crippen LogP contribution in [0.1, 0.15) is 19.4 Å². The van der Waals surface area contributed by atoms with E-state index >= 15 is 0 Å². The van der Waals surface area contributed by atoms with Crippen LogP contribution in [0.4, 0.5) is 23.7 Å². The van der Waals surface area contributed by atoms with Crippen LogP contribution in [0.25, 0.3) is 0 Å². The molecule has 1 atom stereocenters. The predicted molar refractivity (Wildman–Crippen MR) is 116 cm³/mol. The summed E-state index contributed by atoms with van der Waals surface area (Å²) in [5, 5.41) is 2.46. The summed E-state index contributed by atoms with van der Waals surface area (Å²) in [5.74, 6) is -1.64. The molecular weight excluding hydrogens is 445 g/mol. The molecule has 1 aromatic carbocycles. The Kier molecular flexibility index (Phi) is 6.59. The second-order valence-electron chi connectivity index (χ2n) is 7.68. The SMILES string of the molecule is CC(C)C1=C(SCC(=O)Nc2cccc(C(F)(F)F)c2)C2C(=O)N(C)C(=O)[N+](C)=C2N=C1. The third-order valence-electron chi connectivity index (χ3n) is 5.09. The van der Waals surface area contributed by atoms with Gasteiger partial charge in [-0.05, 0) is 24.1 Å². The number of nitrogens with one attached hydrogen (secondary N) is 1. The fourth-order valence-electron chi connectivity index (χ4n) is 3.39. The summed E-state index contributed by atoms with van der Waals surface area (Å²) < 4.78 is 40.0. The molecule has 0 aliphatic carbocycles. The molecule has 2 aliphatic rings. The number of halogens is 3. The summed E-state index contributed by atoms with van der Waals surface area (Å²) in [6.45, 7) is 3.84. The number of imide groups is 1. The van der Waals surface area contributed by atoms with Gasteiger partial charge in [-0.2, -0.15) is 22.6 Å². The number of allylic oxidation sites excluding steroid dienone is 1. The van der Waals surface area contributed by atoms with E-state index in [2.05, 4.69) is 10.3 Å². The minimum atomic E-state index is -4.52. The van der Waals surface area contributed by atoms with Crippen molar-refractivity contribution in [2.45, 2.75) is 20.0 Å². The number of hydrogen-bond donors (Lipinski definition) is 1. The van der Waals surface area contributed by atoms with Gasteiger partial charge in [0.1, 0.15) is 6.21 Å². The van der Waals surface area contributed by atoms with Crippen molar-refractivity contribution in [2.75, 3.05) is 25.2 Å². The number of hydrogen-bond acceptors (Lipinski definition) is 5. The highest BCUT2D eigenvalue weighted by Crippen LogP contribution is 2.37. The fraction of sp³-hybridized carbons (Fsp3) is 0.381. The summed E-state index contributed by atoms with van der Waals surface area (Å²) in [4.78, 5) is 43.5. The number of carbonyl (C=O) groups is 3. The largest absolute Gasteiger partial charge is 0.445 e. The first-order chi connectivity index (χ1) is 14.9. The number of urea groups is 1. The minimum absolute atomic E-state index is 0.00429. The lowest BCUT2D eigenvalue weighted by atomic mass is 9.93. The third-order valence-corrected chi connectivity index (χ3v) is 6.28. The second kappa shape index (κ2) is 8.89. The number of amidine groups is 1. The molecule has 1 N–H and O–H groups in total. The van der Waals surface area contributed by atoms with Crippen molar-refractivity contribution in [3.8, 4) is 0 Å². The minimum Gasteiger partial charge on any atom is -0.325 e. The number of benzene rings is 1. The Labute approximate surface area is 187 Å². The molecule has 0 bridgehead atoms. The Morgan fingerprint density at radius 1 is 1.31 bits per heavy atom. The number of rotatable bonds is 5. The zero-order valence-electron chi connectivity index (χ0n) is 17.9. The first-order valence-corrected chi connectivity index (χ1v) is 10.7. The van der Waals surface area contributed by atoms with E-state index in [1.54, 1.807) is 6.21 Å². The lowest BCUT2D eigenvalue weighted by molar-refractivity contribution is -0.407. The number of carbonyl (C=O) groups excluding carboxylic acids is 3. The normalized spacial score (nSPS) is 19.1. The second-order valence-corrected chi connectivity index (χ2v) is 8.70. The fourth-order valence-corrected chi connectivity index (χ4v) is 4.57. The van der Waals surface area contributed by atoms with E-state index in [4.69, 9.17) is 0 Å². The summed E-state index contributed by atoms with van der Waals surface area (Å²) in [7, 11) is 2.90. The summed E-state index contributed by atoms with van der Waals surface area (Å²) in [6.07, 6.45) is -2.93. The van der Waals surface area contributed by atoms with Crippen LogP contribution in [0, 0.1) is 11.8 Å². The highest BCUT2D eigenvalue weighted by atomic mass is 32.2. The van der Waals surface area contributed by atoms with Crippen LogP contribution in [-0.2, 0) is 15.8 Å². The van der Waals surface area contributed by atoms with Crippen molar-refractivity contribution < 1.29 is 32.1 Å². The molecule has 0 aromatic heterocycles. The molecular formula is C21H22F3N4O3S+. The molecule has 4 amide bonds. The molecule has 0 saturated heterocycles. The standard InChI is InChI=1S/C21H21F3N4O3S/c1-11(2)14-9-25-18-16(19(30)28(4)20(31)27(18)3)17(14)32-10-15(29)26-13-7-5-6-12(8-13)21(22,23)24/h5-9,11,16H,10H2,1-4H3/p+1. The number of alkyl halides is 3. The number of dihydropyridines is 1. The molecule has 0 spiro atoms. The van der Waals surface area contributed by atoms with Gasteiger partial charge in [-0.25, -0.2) is 4.79 Å². The van der Waals surface area contributed by atoms with E-state index in [1.165, 1.54) is 30.8 Å². The molecule has 170 valence electrons. The van der Waals surface area contributed by atoms with Crippen LogP contribution < -0.4 is 5.32 Å². The number of aliphatic imine (C=N–C) groups is 1. The Balaban J connectivity index is 1.83. The van der Waals surface area contributed by atoms with Gasteiger partial charge in [-0.3, -0.25) is 9.59 Å². The molecule has 0 radical (unpaired) electrons. The molecule has 0 fully saturated rings. The molecule has 11 heteroatoms. The maximum Gasteiger partial charge on any atom is 0.445 e. The zero-order chi connectivity index (χ0) is 23.8. The summed E-state index contributed by atoms with van der Waals surface area (Å²) in [5.41, 5.74) is -0.0705. The van der Waals surface area contributed by atoms with Crippen molar-refractivity contribution in [3.63, 3.8) is 0 Å². The van der Waals surface area contributed by atoms with Gasteiger partial charge in [-0.15, -0.1) is 16.8 Å². The van der Waals surface area contributed by atoms with Crippen LogP contribution >= 0.6 is 11.8 Å². The van der Waals surface area contributed by atoms with Crippen LogP contribution in [0.2, 0.25) is 0 Å². The van der Waals surface area contributed by atoms with E-state index in [9.17, 15) is 27.6 Å². The quantitative estimate of drug-likeness (QED) is 0.671. The Morgan fingerprint density at radius 3 is 2.62 bits per heavy atom. The van der Waals surface area contributed by atoms with E-state index in [0.717, 1.165) is 34.4 Å². The van der Waals surface area contributed by atoms with Gasteiger partial charge in [0.05, 0.1) is 25.4 Å². The average molecular weight is 467 g/mol. The van der Waals surface area contributed by atoms with Crippen molar-refractivity contribution in [1.29, 1.82) is 0 Å². The highest BCUT2D eigenvalue weighted by molar-refractivity contribution is 8.03. The molecule has 32 heavy (non-hydrogen) atoms. The first kappa shape index (κ1) is 23.7. The number of thioether (sulfide) groups is 1. The molecule has 1 unspecified atom stereocenters. The van der Waals surface area contributed by atoms with Crippen molar-refractivity contribution >= 4 is 47.3 Å². The number of amides is 4. The molecule has 1 aromatic rings. The van der Waals surface area contributed by atoms with Gasteiger partial charge in [0.25, 0.3) is 5.84 Å². The van der Waals surface area contributed by atoms with E-state index < -0.39 is 35.5 Å². The Bertz CT molecular complexity index is 1080. The topological polar surface area (TPSA) is 81.9 Å². The molecule has 2 aliphatic heterocycles. The average Bonchev–Trinajstić information content (AvgIpc) is 2.73. The van der Waals surface area contributed by atoms with Gasteiger partial charge in [0.15, 0.2) is 5.92 Å². The number of fused-ring (bicyclic) bond motifs is 1. The maximum atomic E-state index is 12.9. The Morgan fingerprint density at radius 2 is 2.00 bits per heavy atom. The van der Waals surface area contributed by atoms with Crippen molar-refractivity contribution in [3.05, 3.63) is 40.3 Å². The van der Waals surface area contributed by atoms with Gasteiger partial charge < -0.3 is 5.32 Å². The van der Waals surface area contributed by atoms with Gasteiger partial charge in [-0.1, -0.05) is 19.9 Å². The number of nitrogens with zero attached hydrogens (tertiary/aromatic N) is 3. The first-order valence-electron chi connectivity index (χ1n) is 9.72. The molecule has 7 nitrogen and oxygen atoms in total. The van der Waals surface area contributed by atoms with Gasteiger partial charge >= 0.3 is 18.1 Å². The van der Waals surface area contributed by atoms with E-state index in [-0.39, 0.29) is 23.2 Å². The lowest BCUT2D eigenvalue weighted by Crippen LogP contribution is -2.53. The molecule has 0 saturated carbocycles. The van der Waals surface area contributed by atoms with Crippen LogP contribution in [0.5, 0.6) is 0 Å². The van der Waals surface area contributed by atoms with Gasteiger partial charge in [0, 0.05) is 16.2 Å². The predicted octanol–water partition coefficient (Wildman–Crippen LogP) is 3.62. The van der Waals surface area contributed by atoms with Gasteiger partial charge in [0.2, 0.25) is 5.91 Å². The zero-order valence-corrected chi connectivity index (χ0v) is 18.7. The van der Waals surface area contributed by atoms with Crippen LogP contribution in [-0.4, -0.2) is 59.2 Å². The third kappa shape index (κ3) is 4.62. The highest BCUT2D eigenvalue weighted by Gasteiger charge is 2.48. The monoisotopic (exact) mass is 467 g/mol. The molecule has 2 heterocycles. The lowest BCUT2D eigenvalue weighted by Gasteiger charge is -2.29. The smallest absolute Gasteiger partial charge is 0.325 e.